The molecule has 31 heavy (non-hydrogen) atoms. The van der Waals surface area contributed by atoms with E-state index in [2.05, 4.69) is 26.7 Å². The van der Waals surface area contributed by atoms with Crippen molar-refractivity contribution in [2.45, 2.75) is 16.7 Å². The minimum Gasteiger partial charge on any atom is -0.304 e. The zero-order valence-electron chi connectivity index (χ0n) is 16.3. The Hall–Kier alpha value is -3.14. The van der Waals surface area contributed by atoms with Crippen LogP contribution in [0.1, 0.15) is 0 Å². The minimum atomic E-state index is 0.609. The van der Waals surface area contributed by atoms with Gasteiger partial charge in [-0.05, 0) is 36.1 Å². The Morgan fingerprint density at radius 3 is 2.48 bits per heavy atom. The van der Waals surface area contributed by atoms with Gasteiger partial charge in [0.1, 0.15) is 16.1 Å². The molecular weight excluding hydrogens is 444 g/mol. The third-order valence-electron chi connectivity index (χ3n) is 4.60. The number of hydrogen-bond donors (Lipinski definition) is 0. The van der Waals surface area contributed by atoms with E-state index in [1.165, 1.54) is 23.1 Å². The first-order valence-electron chi connectivity index (χ1n) is 9.45. The van der Waals surface area contributed by atoms with Crippen molar-refractivity contribution in [3.05, 3.63) is 83.6 Å². The Morgan fingerprint density at radius 1 is 1.00 bits per heavy atom. The van der Waals surface area contributed by atoms with Gasteiger partial charge in [-0.3, -0.25) is 4.57 Å². The van der Waals surface area contributed by atoms with Crippen molar-refractivity contribution in [1.82, 2.24) is 29.3 Å². The molecule has 3 heterocycles. The van der Waals surface area contributed by atoms with Gasteiger partial charge in [-0.2, -0.15) is 0 Å². The molecule has 5 rings (SSSR count). The Balaban J connectivity index is 1.66. The summed E-state index contributed by atoms with van der Waals surface area (Å²) in [7, 11) is 0. The molecule has 0 fully saturated rings. The van der Waals surface area contributed by atoms with E-state index < -0.39 is 0 Å². The molecule has 0 aliphatic rings. The first kappa shape index (κ1) is 19.8. The predicted octanol–water partition coefficient (Wildman–Crippen LogP) is 5.81. The third kappa shape index (κ3) is 3.71. The molecule has 0 amide bonds. The van der Waals surface area contributed by atoms with Crippen molar-refractivity contribution in [3.63, 3.8) is 0 Å². The van der Waals surface area contributed by atoms with Gasteiger partial charge in [-0.15, -0.1) is 28.1 Å². The van der Waals surface area contributed by atoms with Gasteiger partial charge in [0.05, 0.1) is 0 Å². The summed E-state index contributed by atoms with van der Waals surface area (Å²) >= 11 is 8.49. The van der Waals surface area contributed by atoms with E-state index in [-0.39, 0.29) is 0 Å². The highest BCUT2D eigenvalue weighted by atomic mass is 32.2. The first-order valence-corrected chi connectivity index (χ1v) is 11.5. The highest BCUT2D eigenvalue weighted by Gasteiger charge is 2.19. The van der Waals surface area contributed by atoms with E-state index in [1.807, 2.05) is 75.9 Å². The number of aromatic nitrogens is 6. The smallest absolute Gasteiger partial charge is 0.202 e. The van der Waals surface area contributed by atoms with E-state index in [9.17, 15) is 0 Å². The van der Waals surface area contributed by atoms with Crippen LogP contribution in [0, 0.1) is 3.95 Å². The van der Waals surface area contributed by atoms with Crippen molar-refractivity contribution in [1.29, 1.82) is 0 Å². The van der Waals surface area contributed by atoms with Crippen molar-refractivity contribution >= 4 is 45.7 Å². The zero-order valence-corrected chi connectivity index (χ0v) is 18.7. The molecule has 0 atom stereocenters. The quantitative estimate of drug-likeness (QED) is 0.181. The van der Waals surface area contributed by atoms with Crippen molar-refractivity contribution < 1.29 is 0 Å². The Morgan fingerprint density at radius 2 is 1.74 bits per heavy atom. The summed E-state index contributed by atoms with van der Waals surface area (Å²) in [6, 6.07) is 20.1. The van der Waals surface area contributed by atoms with Crippen LogP contribution in [0.5, 0.6) is 0 Å². The number of thiazole rings is 1. The lowest BCUT2D eigenvalue weighted by atomic mass is 10.2. The van der Waals surface area contributed by atoms with Crippen LogP contribution < -0.4 is 0 Å². The first-order chi connectivity index (χ1) is 15.3. The van der Waals surface area contributed by atoms with Crippen LogP contribution in [0.15, 0.2) is 89.8 Å². The van der Waals surface area contributed by atoms with E-state index in [1.54, 1.807) is 6.33 Å². The molecule has 0 aliphatic heterocycles. The second-order valence-electron chi connectivity index (χ2n) is 6.54. The normalized spacial score (nSPS) is 11.1. The number of hydrogen-bond acceptors (Lipinski definition) is 7. The zero-order chi connectivity index (χ0) is 21.2. The molecule has 0 aliphatic carbocycles. The monoisotopic (exact) mass is 460 g/mol. The largest absolute Gasteiger partial charge is 0.304 e. The van der Waals surface area contributed by atoms with Crippen molar-refractivity contribution in [2.75, 3.05) is 0 Å². The van der Waals surface area contributed by atoms with E-state index >= 15 is 0 Å². The Kier molecular flexibility index (Phi) is 5.46. The third-order valence-corrected chi connectivity index (χ3v) is 7.12. The second kappa shape index (κ2) is 8.54. The van der Waals surface area contributed by atoms with Crippen LogP contribution in [0.2, 0.25) is 0 Å². The fourth-order valence-corrected chi connectivity index (χ4v) is 5.55. The summed E-state index contributed by atoms with van der Waals surface area (Å²) in [6.45, 7) is 4.43. The standard InChI is InChI=1S/C22H16N6S3/c1-2-13-27-19-17(30-22(27)29)20(24-14-23-19)31-21-26-25-18(15-9-5-3-6-10-15)28(21)16-11-7-4-8-12-16/h2-12,14H,1,13H2. The SMILES string of the molecule is C=CCn1c(=S)sc2c(Sc3nnc(-c4ccccc4)n3-c3ccccc3)ncnc21. The maximum atomic E-state index is 5.54. The number of nitrogens with zero attached hydrogens (tertiary/aromatic N) is 6. The van der Waals surface area contributed by atoms with E-state index in [0.29, 0.717) is 6.54 Å². The summed E-state index contributed by atoms with van der Waals surface area (Å²) < 4.78 is 5.69. The summed E-state index contributed by atoms with van der Waals surface area (Å²) in [5, 5.41) is 10.5. The average Bonchev–Trinajstić information content (AvgIpc) is 3.37. The average molecular weight is 461 g/mol. The van der Waals surface area contributed by atoms with Gasteiger partial charge in [0.25, 0.3) is 0 Å². The fraction of sp³-hybridized carbons (Fsp3) is 0.0455. The van der Waals surface area contributed by atoms with Crippen molar-refractivity contribution in [2.24, 2.45) is 0 Å². The molecule has 0 spiro atoms. The molecule has 3 aromatic heterocycles. The molecular formula is C22H16N6S3. The minimum absolute atomic E-state index is 0.609. The fourth-order valence-electron chi connectivity index (χ4n) is 3.23. The number of para-hydroxylation sites is 1. The van der Waals surface area contributed by atoms with Gasteiger partial charge < -0.3 is 4.57 Å². The molecule has 0 bridgehead atoms. The number of benzene rings is 2. The number of allylic oxidation sites excluding steroid dienone is 1. The lowest BCUT2D eigenvalue weighted by molar-refractivity contribution is 0.841. The van der Waals surface area contributed by atoms with Gasteiger partial charge in [0, 0.05) is 17.8 Å². The molecule has 2 aromatic carbocycles. The maximum absolute atomic E-state index is 5.54. The summed E-state index contributed by atoms with van der Waals surface area (Å²) in [5.41, 5.74) is 2.78. The second-order valence-corrected chi connectivity index (χ2v) is 9.14. The molecule has 152 valence electrons. The molecule has 6 nitrogen and oxygen atoms in total. The van der Waals surface area contributed by atoms with E-state index in [4.69, 9.17) is 12.2 Å². The number of fused-ring (bicyclic) bond motifs is 1. The van der Waals surface area contributed by atoms with Crippen LogP contribution in [-0.2, 0) is 6.54 Å². The summed E-state index contributed by atoms with van der Waals surface area (Å²) in [5.74, 6) is 0.774. The molecule has 5 aromatic rings. The van der Waals surface area contributed by atoms with Crippen LogP contribution in [0.25, 0.3) is 27.4 Å². The lowest BCUT2D eigenvalue weighted by Crippen LogP contribution is -2.00. The predicted molar refractivity (Wildman–Crippen MR) is 127 cm³/mol. The summed E-state index contributed by atoms with van der Waals surface area (Å²) in [6.07, 6.45) is 3.38. The molecule has 9 heteroatoms. The van der Waals surface area contributed by atoms with Crippen LogP contribution in [-0.4, -0.2) is 29.3 Å². The van der Waals surface area contributed by atoms with Gasteiger partial charge in [-0.25, -0.2) is 9.97 Å². The molecule has 0 saturated carbocycles. The Labute approximate surface area is 192 Å². The lowest BCUT2D eigenvalue weighted by Gasteiger charge is -2.10. The Bertz CT molecular complexity index is 1420. The highest BCUT2D eigenvalue weighted by molar-refractivity contribution is 7.99. The van der Waals surface area contributed by atoms with Crippen LogP contribution in [0.4, 0.5) is 0 Å². The molecule has 0 unspecified atom stereocenters. The topological polar surface area (TPSA) is 61.4 Å². The van der Waals surface area contributed by atoms with Crippen LogP contribution in [0.3, 0.4) is 0 Å². The molecule has 0 saturated heterocycles. The number of rotatable bonds is 6. The van der Waals surface area contributed by atoms with Gasteiger partial charge in [-0.1, -0.05) is 54.6 Å². The van der Waals surface area contributed by atoms with E-state index in [0.717, 1.165) is 41.6 Å². The highest BCUT2D eigenvalue weighted by Crippen LogP contribution is 2.36. The molecule has 0 radical (unpaired) electrons. The molecule has 0 N–H and O–H groups in total. The van der Waals surface area contributed by atoms with Gasteiger partial charge in [0.15, 0.2) is 15.4 Å². The van der Waals surface area contributed by atoms with Gasteiger partial charge in [0.2, 0.25) is 5.16 Å². The summed E-state index contributed by atoms with van der Waals surface area (Å²) in [4.78, 5) is 8.98. The van der Waals surface area contributed by atoms with Gasteiger partial charge >= 0.3 is 0 Å². The van der Waals surface area contributed by atoms with Crippen molar-refractivity contribution in [3.8, 4) is 17.1 Å². The van der Waals surface area contributed by atoms with Crippen LogP contribution >= 0.6 is 35.3 Å². The maximum Gasteiger partial charge on any atom is 0.202 e.